The molecule has 2 rings (SSSR count). The summed E-state index contributed by atoms with van der Waals surface area (Å²) in [6.45, 7) is -0.0825. The van der Waals surface area contributed by atoms with Crippen LogP contribution in [0.2, 0.25) is 5.02 Å². The number of benzene rings is 1. The monoisotopic (exact) mass is 273 g/mol. The smallest absolute Gasteiger partial charge is 0.290 e. The summed E-state index contributed by atoms with van der Waals surface area (Å²) in [4.78, 5) is 19.7. The van der Waals surface area contributed by atoms with Crippen LogP contribution in [-0.2, 0) is 16.1 Å². The molecule has 1 aliphatic carbocycles. The molecular formula is C12H13ClFNO3. The van der Waals surface area contributed by atoms with Gasteiger partial charge in [-0.2, -0.15) is 0 Å². The van der Waals surface area contributed by atoms with Crippen LogP contribution in [0.4, 0.5) is 4.39 Å². The molecular weight excluding hydrogens is 261 g/mol. The van der Waals surface area contributed by atoms with E-state index in [4.69, 9.17) is 21.5 Å². The molecule has 0 unspecified atom stereocenters. The number of nitrogens with one attached hydrogen (secondary N) is 1. The van der Waals surface area contributed by atoms with Crippen LogP contribution in [0, 0.1) is 11.7 Å². The maximum Gasteiger partial charge on any atom is 0.290 e. The van der Waals surface area contributed by atoms with Gasteiger partial charge in [0, 0.05) is 23.0 Å². The zero-order chi connectivity index (χ0) is 13.5. The van der Waals surface area contributed by atoms with Crippen molar-refractivity contribution in [3.05, 3.63) is 34.6 Å². The van der Waals surface area contributed by atoms with Gasteiger partial charge in [-0.15, -0.1) is 0 Å². The number of hydrogen-bond donors (Lipinski definition) is 2. The van der Waals surface area contributed by atoms with Crippen molar-refractivity contribution in [2.24, 2.45) is 5.92 Å². The molecule has 1 fully saturated rings. The van der Waals surface area contributed by atoms with Gasteiger partial charge >= 0.3 is 0 Å². The Kier molecular flexibility index (Phi) is 5.58. The lowest BCUT2D eigenvalue weighted by Crippen LogP contribution is -2.24. The third-order valence-electron chi connectivity index (χ3n) is 2.45. The summed E-state index contributed by atoms with van der Waals surface area (Å²) < 4.78 is 13.3. The molecule has 0 aromatic heterocycles. The van der Waals surface area contributed by atoms with Gasteiger partial charge in [-0.25, -0.2) is 4.39 Å². The first-order valence-electron chi connectivity index (χ1n) is 5.38. The highest BCUT2D eigenvalue weighted by Crippen LogP contribution is 2.29. The van der Waals surface area contributed by atoms with Gasteiger partial charge in [-0.05, 0) is 25.0 Å². The molecule has 2 N–H and O–H groups in total. The predicted octanol–water partition coefficient (Wildman–Crippen LogP) is 2.21. The quantitative estimate of drug-likeness (QED) is 0.830. The van der Waals surface area contributed by atoms with Crippen molar-refractivity contribution < 1.29 is 19.1 Å². The summed E-state index contributed by atoms with van der Waals surface area (Å²) in [5, 5.41) is 9.92. The van der Waals surface area contributed by atoms with Crippen molar-refractivity contribution in [2.75, 3.05) is 0 Å². The van der Waals surface area contributed by atoms with Crippen LogP contribution in [0.3, 0.4) is 0 Å². The zero-order valence-corrected chi connectivity index (χ0v) is 10.3. The summed E-state index contributed by atoms with van der Waals surface area (Å²) in [7, 11) is 0. The molecule has 1 saturated carbocycles. The number of halogens is 2. The second-order valence-electron chi connectivity index (χ2n) is 3.80. The van der Waals surface area contributed by atoms with Gasteiger partial charge in [0.2, 0.25) is 5.91 Å². The topological polar surface area (TPSA) is 66.4 Å². The van der Waals surface area contributed by atoms with Crippen LogP contribution in [0.25, 0.3) is 0 Å². The van der Waals surface area contributed by atoms with Crippen LogP contribution in [-0.4, -0.2) is 17.5 Å². The molecule has 0 aliphatic heterocycles. The van der Waals surface area contributed by atoms with E-state index in [9.17, 15) is 9.18 Å². The van der Waals surface area contributed by atoms with E-state index in [-0.39, 0.29) is 30.7 Å². The minimum absolute atomic E-state index is 0.00526. The molecule has 98 valence electrons. The second-order valence-corrected chi connectivity index (χ2v) is 4.20. The lowest BCUT2D eigenvalue weighted by atomic mass is 10.2. The molecule has 18 heavy (non-hydrogen) atoms. The van der Waals surface area contributed by atoms with Crippen molar-refractivity contribution in [1.82, 2.24) is 5.32 Å². The van der Waals surface area contributed by atoms with Crippen molar-refractivity contribution in [3.63, 3.8) is 0 Å². The van der Waals surface area contributed by atoms with Gasteiger partial charge in [-0.1, -0.05) is 17.7 Å². The Labute approximate surface area is 109 Å². The number of carbonyl (C=O) groups is 2. The van der Waals surface area contributed by atoms with Gasteiger partial charge in [0.25, 0.3) is 6.47 Å². The van der Waals surface area contributed by atoms with Crippen molar-refractivity contribution in [1.29, 1.82) is 0 Å². The Balaban J connectivity index is 0.000000492. The van der Waals surface area contributed by atoms with E-state index < -0.39 is 0 Å². The number of amides is 1. The fourth-order valence-corrected chi connectivity index (χ4v) is 1.60. The summed E-state index contributed by atoms with van der Waals surface area (Å²) in [5.41, 5.74) is 0.355. The van der Waals surface area contributed by atoms with E-state index in [0.29, 0.717) is 10.6 Å². The fourth-order valence-electron chi connectivity index (χ4n) is 1.37. The van der Waals surface area contributed by atoms with Gasteiger partial charge in [0.15, 0.2) is 0 Å². The third kappa shape index (κ3) is 4.33. The maximum absolute atomic E-state index is 13.3. The van der Waals surface area contributed by atoms with Crippen molar-refractivity contribution in [2.45, 2.75) is 19.4 Å². The normalized spacial score (nSPS) is 13.2. The number of rotatable bonds is 3. The Bertz CT molecular complexity index is 415. The average molecular weight is 274 g/mol. The molecule has 0 bridgehead atoms. The van der Waals surface area contributed by atoms with Gasteiger partial charge in [-0.3, -0.25) is 9.59 Å². The van der Waals surface area contributed by atoms with Gasteiger partial charge in [0.05, 0.1) is 0 Å². The summed E-state index contributed by atoms with van der Waals surface area (Å²) in [6.07, 6.45) is 1.88. The first kappa shape index (κ1) is 14.4. The SMILES string of the molecule is O=C(NCc1c(F)cccc1Cl)C1CC1.O=CO. The second kappa shape index (κ2) is 6.96. The van der Waals surface area contributed by atoms with Crippen LogP contribution < -0.4 is 5.32 Å². The Morgan fingerprint density at radius 1 is 1.56 bits per heavy atom. The Morgan fingerprint density at radius 3 is 2.67 bits per heavy atom. The van der Waals surface area contributed by atoms with Crippen LogP contribution in [0.1, 0.15) is 18.4 Å². The standard InChI is InChI=1S/C11H11ClFNO.CH2O2/c12-9-2-1-3-10(13)8(9)6-14-11(15)7-4-5-7;2-1-3/h1-3,7H,4-6H2,(H,14,15);1H,(H,2,3). The number of carboxylic acid groups (broad SMARTS) is 1. The van der Waals surface area contributed by atoms with E-state index in [2.05, 4.69) is 5.32 Å². The molecule has 1 aromatic carbocycles. The molecule has 1 amide bonds. The molecule has 6 heteroatoms. The molecule has 0 radical (unpaired) electrons. The molecule has 4 nitrogen and oxygen atoms in total. The Hall–Kier alpha value is -1.62. The molecule has 1 aliphatic rings. The fraction of sp³-hybridized carbons (Fsp3) is 0.333. The average Bonchev–Trinajstić information content (AvgIpc) is 3.13. The molecule has 0 spiro atoms. The number of carbonyl (C=O) groups excluding carboxylic acids is 1. The molecule has 0 atom stereocenters. The van der Waals surface area contributed by atoms with E-state index in [0.717, 1.165) is 12.8 Å². The van der Waals surface area contributed by atoms with Crippen LogP contribution in [0.5, 0.6) is 0 Å². The summed E-state index contributed by atoms with van der Waals surface area (Å²) in [6, 6.07) is 4.50. The zero-order valence-electron chi connectivity index (χ0n) is 9.53. The summed E-state index contributed by atoms with van der Waals surface area (Å²) >= 11 is 5.82. The highest BCUT2D eigenvalue weighted by atomic mass is 35.5. The maximum atomic E-state index is 13.3. The van der Waals surface area contributed by atoms with E-state index >= 15 is 0 Å². The largest absolute Gasteiger partial charge is 0.483 e. The number of hydrogen-bond acceptors (Lipinski definition) is 2. The highest BCUT2D eigenvalue weighted by Gasteiger charge is 2.29. The third-order valence-corrected chi connectivity index (χ3v) is 2.80. The lowest BCUT2D eigenvalue weighted by molar-refractivity contribution is -0.123. The van der Waals surface area contributed by atoms with E-state index in [1.54, 1.807) is 12.1 Å². The van der Waals surface area contributed by atoms with E-state index in [1.165, 1.54) is 6.07 Å². The summed E-state index contributed by atoms with van der Waals surface area (Å²) in [5.74, 6) is -0.247. The molecule has 0 heterocycles. The first-order chi connectivity index (χ1) is 8.60. The highest BCUT2D eigenvalue weighted by molar-refractivity contribution is 6.31. The van der Waals surface area contributed by atoms with Crippen molar-refractivity contribution in [3.8, 4) is 0 Å². The van der Waals surface area contributed by atoms with Crippen LogP contribution >= 0.6 is 11.6 Å². The van der Waals surface area contributed by atoms with Gasteiger partial charge in [0.1, 0.15) is 5.82 Å². The van der Waals surface area contributed by atoms with E-state index in [1.807, 2.05) is 0 Å². The Morgan fingerprint density at radius 2 is 2.17 bits per heavy atom. The predicted molar refractivity (Wildman–Crippen MR) is 64.7 cm³/mol. The van der Waals surface area contributed by atoms with Gasteiger partial charge < -0.3 is 10.4 Å². The molecule has 0 saturated heterocycles. The van der Waals surface area contributed by atoms with Crippen LogP contribution in [0.15, 0.2) is 18.2 Å². The van der Waals surface area contributed by atoms with Crippen molar-refractivity contribution >= 4 is 24.0 Å². The minimum Gasteiger partial charge on any atom is -0.483 e. The first-order valence-corrected chi connectivity index (χ1v) is 5.76. The molecule has 1 aromatic rings. The lowest BCUT2D eigenvalue weighted by Gasteiger charge is -2.07. The minimum atomic E-state index is -0.376.